The molecule has 1 atom stereocenters. The zero-order chi connectivity index (χ0) is 23.2. The van der Waals surface area contributed by atoms with Gasteiger partial charge in [0.05, 0.1) is 11.0 Å². The van der Waals surface area contributed by atoms with Crippen molar-refractivity contribution in [2.75, 3.05) is 18.4 Å². The van der Waals surface area contributed by atoms with Crippen LogP contribution in [0.1, 0.15) is 27.2 Å². The molecule has 1 aliphatic rings. The lowest BCUT2D eigenvalue weighted by atomic mass is 10.0. The van der Waals surface area contributed by atoms with Crippen LogP contribution in [0.25, 0.3) is 33.1 Å². The first-order valence-electron chi connectivity index (χ1n) is 11.3. The number of carbonyl (C=O) groups is 1. The Morgan fingerprint density at radius 1 is 1.12 bits per heavy atom. The SMILES string of the molecule is Cn1ccc2ccc(-c3cc(N[C@H]4CCN(C(=O)OC(C)(C)C)C4)cc4nccnc34)cc21. The van der Waals surface area contributed by atoms with Crippen molar-refractivity contribution in [3.8, 4) is 11.1 Å². The average molecular weight is 444 g/mol. The van der Waals surface area contributed by atoms with Gasteiger partial charge in [0.25, 0.3) is 0 Å². The highest BCUT2D eigenvalue weighted by molar-refractivity contribution is 5.97. The Morgan fingerprint density at radius 3 is 2.76 bits per heavy atom. The number of benzene rings is 2. The van der Waals surface area contributed by atoms with Gasteiger partial charge in [-0.1, -0.05) is 12.1 Å². The molecular formula is C26H29N5O2. The van der Waals surface area contributed by atoms with Crippen LogP contribution in [0.2, 0.25) is 0 Å². The molecule has 3 heterocycles. The topological polar surface area (TPSA) is 72.3 Å². The minimum absolute atomic E-state index is 0.148. The van der Waals surface area contributed by atoms with Crippen LogP contribution in [0.3, 0.4) is 0 Å². The lowest BCUT2D eigenvalue weighted by Gasteiger charge is -2.24. The molecule has 1 saturated heterocycles. The van der Waals surface area contributed by atoms with Crippen molar-refractivity contribution >= 4 is 33.7 Å². The zero-order valence-corrected chi connectivity index (χ0v) is 19.5. The molecule has 1 fully saturated rings. The van der Waals surface area contributed by atoms with Crippen molar-refractivity contribution in [1.29, 1.82) is 0 Å². The summed E-state index contributed by atoms with van der Waals surface area (Å²) in [5, 5.41) is 4.82. The number of aryl methyl sites for hydroxylation is 1. The molecule has 1 N–H and O–H groups in total. The first-order chi connectivity index (χ1) is 15.8. The lowest BCUT2D eigenvalue weighted by molar-refractivity contribution is 0.0293. The largest absolute Gasteiger partial charge is 0.444 e. The summed E-state index contributed by atoms with van der Waals surface area (Å²) in [7, 11) is 2.05. The fourth-order valence-electron chi connectivity index (χ4n) is 4.41. The second-order valence-electron chi connectivity index (χ2n) is 9.70. The molecule has 33 heavy (non-hydrogen) atoms. The second-order valence-corrected chi connectivity index (χ2v) is 9.70. The summed E-state index contributed by atoms with van der Waals surface area (Å²) in [5.74, 6) is 0. The van der Waals surface area contributed by atoms with Crippen LogP contribution in [0.15, 0.2) is 55.0 Å². The second kappa shape index (κ2) is 8.06. The highest BCUT2D eigenvalue weighted by Crippen LogP contribution is 2.33. The van der Waals surface area contributed by atoms with Crippen molar-refractivity contribution < 1.29 is 9.53 Å². The van der Waals surface area contributed by atoms with Gasteiger partial charge in [-0.3, -0.25) is 9.97 Å². The van der Waals surface area contributed by atoms with E-state index in [0.29, 0.717) is 13.1 Å². The number of nitrogens with one attached hydrogen (secondary N) is 1. The Balaban J connectivity index is 1.44. The number of likely N-dealkylation sites (tertiary alicyclic amines) is 1. The normalized spacial score (nSPS) is 16.5. The number of ether oxygens (including phenoxy) is 1. The van der Waals surface area contributed by atoms with Crippen molar-refractivity contribution in [2.24, 2.45) is 7.05 Å². The highest BCUT2D eigenvalue weighted by Gasteiger charge is 2.29. The van der Waals surface area contributed by atoms with Gasteiger partial charge < -0.3 is 19.5 Å². The molecule has 0 saturated carbocycles. The predicted molar refractivity (Wildman–Crippen MR) is 131 cm³/mol. The maximum Gasteiger partial charge on any atom is 0.410 e. The van der Waals surface area contributed by atoms with Crippen LogP contribution in [-0.2, 0) is 11.8 Å². The van der Waals surface area contributed by atoms with Gasteiger partial charge in [0.2, 0.25) is 0 Å². The number of nitrogens with zero attached hydrogens (tertiary/aromatic N) is 4. The smallest absolute Gasteiger partial charge is 0.410 e. The third-order valence-electron chi connectivity index (χ3n) is 5.98. The molecule has 2 aromatic carbocycles. The monoisotopic (exact) mass is 443 g/mol. The summed E-state index contributed by atoms with van der Waals surface area (Å²) in [4.78, 5) is 23.4. The summed E-state index contributed by atoms with van der Waals surface area (Å²) >= 11 is 0. The van der Waals surface area contributed by atoms with E-state index < -0.39 is 5.60 Å². The standard InChI is InChI=1S/C26H29N5O2/c1-26(2,3)33-25(32)31-12-8-19(16-31)29-20-14-21(24-22(15-20)27-9-10-28-24)18-6-5-17-7-11-30(4)23(17)13-18/h5-7,9-11,13-15,19,29H,8,12,16H2,1-4H3/t19-/m0/s1. The Kier molecular flexibility index (Phi) is 5.19. The highest BCUT2D eigenvalue weighted by atomic mass is 16.6. The van der Waals surface area contributed by atoms with Gasteiger partial charge in [-0.05, 0) is 62.4 Å². The molecule has 1 aliphatic heterocycles. The van der Waals surface area contributed by atoms with Crippen LogP contribution < -0.4 is 5.32 Å². The van der Waals surface area contributed by atoms with Crippen molar-refractivity contribution in [3.05, 3.63) is 55.0 Å². The Labute approximate surface area is 193 Å². The van der Waals surface area contributed by atoms with E-state index in [4.69, 9.17) is 4.74 Å². The summed E-state index contributed by atoms with van der Waals surface area (Å²) in [6, 6.07) is 12.9. The molecule has 7 heteroatoms. The molecule has 4 aromatic rings. The number of hydrogen-bond donors (Lipinski definition) is 1. The van der Waals surface area contributed by atoms with Gasteiger partial charge in [-0.25, -0.2) is 4.79 Å². The minimum atomic E-state index is -0.492. The van der Waals surface area contributed by atoms with Gasteiger partial charge in [-0.2, -0.15) is 0 Å². The number of hydrogen-bond acceptors (Lipinski definition) is 5. The molecular weight excluding hydrogens is 414 g/mol. The van der Waals surface area contributed by atoms with Crippen molar-refractivity contribution in [1.82, 2.24) is 19.4 Å². The number of rotatable bonds is 3. The third-order valence-corrected chi connectivity index (χ3v) is 5.98. The maximum absolute atomic E-state index is 12.4. The predicted octanol–water partition coefficient (Wildman–Crippen LogP) is 5.21. The Hall–Kier alpha value is -3.61. The molecule has 170 valence electrons. The van der Waals surface area contributed by atoms with Crippen LogP contribution in [-0.4, -0.2) is 50.3 Å². The lowest BCUT2D eigenvalue weighted by Crippen LogP contribution is -2.36. The molecule has 0 bridgehead atoms. The van der Waals surface area contributed by atoms with Crippen molar-refractivity contribution in [3.63, 3.8) is 0 Å². The zero-order valence-electron chi connectivity index (χ0n) is 19.5. The number of anilines is 1. The molecule has 0 radical (unpaired) electrons. The fourth-order valence-corrected chi connectivity index (χ4v) is 4.41. The number of carbonyl (C=O) groups excluding carboxylic acids is 1. The van der Waals surface area contributed by atoms with E-state index in [-0.39, 0.29) is 12.1 Å². The quantitative estimate of drug-likeness (QED) is 0.471. The molecule has 2 aromatic heterocycles. The van der Waals surface area contributed by atoms with Crippen LogP contribution in [0.5, 0.6) is 0 Å². The summed E-state index contributed by atoms with van der Waals surface area (Å²) in [5.41, 5.74) is 5.50. The van der Waals surface area contributed by atoms with Crippen LogP contribution in [0, 0.1) is 0 Å². The molecule has 0 spiro atoms. The van der Waals surface area contributed by atoms with E-state index in [1.54, 1.807) is 17.3 Å². The number of amides is 1. The first-order valence-corrected chi connectivity index (χ1v) is 11.3. The number of fused-ring (bicyclic) bond motifs is 2. The summed E-state index contributed by atoms with van der Waals surface area (Å²) in [6.07, 6.45) is 6.13. The molecule has 1 amide bonds. The van der Waals surface area contributed by atoms with Gasteiger partial charge in [0, 0.05) is 61.5 Å². The Bertz CT molecular complexity index is 1340. The molecule has 7 nitrogen and oxygen atoms in total. The van der Waals surface area contributed by atoms with Crippen molar-refractivity contribution in [2.45, 2.75) is 38.8 Å². The first kappa shape index (κ1) is 21.2. The number of aromatic nitrogens is 3. The van der Waals surface area contributed by atoms with E-state index in [2.05, 4.69) is 63.4 Å². The minimum Gasteiger partial charge on any atom is -0.444 e. The van der Waals surface area contributed by atoms with E-state index in [9.17, 15) is 4.79 Å². The van der Waals surface area contributed by atoms with Gasteiger partial charge in [0.15, 0.2) is 0 Å². The van der Waals surface area contributed by atoms with E-state index in [0.717, 1.165) is 34.3 Å². The maximum atomic E-state index is 12.4. The molecule has 0 unspecified atom stereocenters. The van der Waals surface area contributed by atoms with Crippen LogP contribution >= 0.6 is 0 Å². The summed E-state index contributed by atoms with van der Waals surface area (Å²) in [6.45, 7) is 6.96. The van der Waals surface area contributed by atoms with E-state index in [1.807, 2.05) is 26.8 Å². The Morgan fingerprint density at radius 2 is 1.94 bits per heavy atom. The fraction of sp³-hybridized carbons (Fsp3) is 0.346. The van der Waals surface area contributed by atoms with Gasteiger partial charge >= 0.3 is 6.09 Å². The van der Waals surface area contributed by atoms with E-state index in [1.165, 1.54) is 10.9 Å². The average Bonchev–Trinajstić information content (AvgIpc) is 3.39. The van der Waals surface area contributed by atoms with E-state index >= 15 is 0 Å². The molecule has 5 rings (SSSR count). The summed E-state index contributed by atoms with van der Waals surface area (Å²) < 4.78 is 7.66. The third kappa shape index (κ3) is 4.35. The van der Waals surface area contributed by atoms with Gasteiger partial charge in [-0.15, -0.1) is 0 Å². The van der Waals surface area contributed by atoms with Crippen LogP contribution in [0.4, 0.5) is 10.5 Å². The van der Waals surface area contributed by atoms with Gasteiger partial charge in [0.1, 0.15) is 5.60 Å². The molecule has 0 aliphatic carbocycles.